The molecule has 0 unspecified atom stereocenters. The molecule has 0 aliphatic carbocycles. The normalized spacial score (nSPS) is 13.8. The molecule has 0 aromatic carbocycles. The maximum atomic E-state index is 12.2. The van der Waals surface area contributed by atoms with E-state index in [1.165, 1.54) is 15.4 Å². The lowest BCUT2D eigenvalue weighted by Crippen LogP contribution is -2.31. The van der Waals surface area contributed by atoms with Crippen LogP contribution in [0.2, 0.25) is 0 Å². The predicted octanol–water partition coefficient (Wildman–Crippen LogP) is 0.155. The summed E-state index contributed by atoms with van der Waals surface area (Å²) in [6.07, 6.45) is 2.86. The summed E-state index contributed by atoms with van der Waals surface area (Å²) in [6.45, 7) is 2.91. The van der Waals surface area contributed by atoms with Crippen molar-refractivity contribution in [1.82, 2.24) is 19.1 Å². The summed E-state index contributed by atoms with van der Waals surface area (Å²) < 4.78 is 18.3. The minimum Gasteiger partial charge on any atom is -0.493 e. The van der Waals surface area contributed by atoms with E-state index in [1.807, 2.05) is 6.92 Å². The highest BCUT2D eigenvalue weighted by atomic mass is 16.6. The molecule has 0 radical (unpaired) electrons. The van der Waals surface area contributed by atoms with Gasteiger partial charge in [-0.15, -0.1) is 0 Å². The van der Waals surface area contributed by atoms with E-state index in [-0.39, 0.29) is 30.1 Å². The Kier molecular flexibility index (Phi) is 5.10. The molecule has 0 saturated heterocycles. The number of hydrogen-bond donors (Lipinski definition) is 1. The van der Waals surface area contributed by atoms with Crippen molar-refractivity contribution in [1.29, 1.82) is 0 Å². The Morgan fingerprint density at radius 1 is 1.38 bits per heavy atom. The van der Waals surface area contributed by atoms with Gasteiger partial charge in [-0.25, -0.2) is 14.6 Å². The van der Waals surface area contributed by atoms with Gasteiger partial charge in [0, 0.05) is 13.6 Å². The molecule has 0 atom stereocenters. The van der Waals surface area contributed by atoms with Gasteiger partial charge in [0.1, 0.15) is 31.9 Å². The summed E-state index contributed by atoms with van der Waals surface area (Å²) >= 11 is 0. The molecule has 0 bridgehead atoms. The fraction of sp³-hybridized carbons (Fsp3) is 0.500. The zero-order chi connectivity index (χ0) is 18.7. The van der Waals surface area contributed by atoms with Crippen LogP contribution in [0.1, 0.15) is 25.6 Å². The lowest BCUT2D eigenvalue weighted by molar-refractivity contribution is -0.146. The SMILES string of the molecule is CCCCn1c(=O)[nH]c(=O)c2c1nc(COC(=O)C1=COCCO1)n2C. The van der Waals surface area contributed by atoms with E-state index >= 15 is 0 Å². The molecule has 1 aliphatic rings. The lowest BCUT2D eigenvalue weighted by Gasteiger charge is -2.14. The van der Waals surface area contributed by atoms with Crippen LogP contribution in [-0.2, 0) is 39.2 Å². The molecular formula is C16H20N4O6. The Morgan fingerprint density at radius 3 is 2.88 bits per heavy atom. The number of ether oxygens (including phenoxy) is 3. The molecule has 0 saturated carbocycles. The van der Waals surface area contributed by atoms with E-state index in [0.29, 0.717) is 19.0 Å². The van der Waals surface area contributed by atoms with Gasteiger partial charge in [-0.3, -0.25) is 14.3 Å². The number of unbranched alkanes of at least 4 members (excludes halogenated alkanes) is 1. The number of nitrogens with zero attached hydrogens (tertiary/aromatic N) is 3. The standard InChI is InChI=1S/C16H20N4O6/c1-3-4-5-20-13-12(14(21)18-16(20)23)19(2)11(17-13)9-26-15(22)10-8-24-6-7-25-10/h8H,3-7,9H2,1-2H3,(H,18,21,23). The second kappa shape index (κ2) is 7.46. The largest absolute Gasteiger partial charge is 0.493 e. The fourth-order valence-corrected chi connectivity index (χ4v) is 2.62. The average molecular weight is 364 g/mol. The smallest absolute Gasteiger partial charge is 0.377 e. The number of aromatic nitrogens is 4. The number of fused-ring (bicyclic) bond motifs is 1. The summed E-state index contributed by atoms with van der Waals surface area (Å²) in [6, 6.07) is 0. The van der Waals surface area contributed by atoms with Gasteiger partial charge in [-0.05, 0) is 6.42 Å². The third kappa shape index (κ3) is 3.35. The number of rotatable bonds is 6. The maximum absolute atomic E-state index is 12.2. The molecule has 10 heteroatoms. The molecule has 2 aromatic rings. The topological polar surface area (TPSA) is 117 Å². The minimum absolute atomic E-state index is 0.0206. The van der Waals surface area contributed by atoms with Crippen molar-refractivity contribution in [3.8, 4) is 0 Å². The predicted molar refractivity (Wildman–Crippen MR) is 90.3 cm³/mol. The minimum atomic E-state index is -0.686. The Hall–Kier alpha value is -3.04. The highest BCUT2D eigenvalue weighted by Gasteiger charge is 2.20. The summed E-state index contributed by atoms with van der Waals surface area (Å²) in [7, 11) is 1.63. The van der Waals surface area contributed by atoms with E-state index in [1.54, 1.807) is 7.05 Å². The number of imidazole rings is 1. The molecule has 3 heterocycles. The van der Waals surface area contributed by atoms with Crippen LogP contribution in [-0.4, -0.2) is 38.3 Å². The molecule has 2 aromatic heterocycles. The molecule has 140 valence electrons. The van der Waals surface area contributed by atoms with Gasteiger partial charge in [-0.2, -0.15) is 0 Å². The van der Waals surface area contributed by atoms with Crippen LogP contribution in [0.15, 0.2) is 21.6 Å². The van der Waals surface area contributed by atoms with Crippen LogP contribution in [0.5, 0.6) is 0 Å². The molecule has 0 fully saturated rings. The van der Waals surface area contributed by atoms with Gasteiger partial charge in [0.05, 0.1) is 0 Å². The van der Waals surface area contributed by atoms with E-state index in [9.17, 15) is 14.4 Å². The van der Waals surface area contributed by atoms with Crippen LogP contribution in [0.4, 0.5) is 0 Å². The number of H-pyrrole nitrogens is 1. The number of aryl methyl sites for hydroxylation is 2. The van der Waals surface area contributed by atoms with Crippen LogP contribution in [0.25, 0.3) is 11.2 Å². The lowest BCUT2D eigenvalue weighted by atomic mass is 10.3. The third-order valence-corrected chi connectivity index (χ3v) is 4.02. The first-order chi connectivity index (χ1) is 12.5. The quantitative estimate of drug-likeness (QED) is 0.725. The average Bonchev–Trinajstić information content (AvgIpc) is 2.97. The monoisotopic (exact) mass is 364 g/mol. The van der Waals surface area contributed by atoms with Gasteiger partial charge in [0.25, 0.3) is 5.56 Å². The maximum Gasteiger partial charge on any atom is 0.377 e. The summed E-state index contributed by atoms with van der Waals surface area (Å²) in [5, 5.41) is 0. The molecule has 1 N–H and O–H groups in total. The first-order valence-electron chi connectivity index (χ1n) is 8.33. The second-order valence-corrected chi connectivity index (χ2v) is 5.80. The summed E-state index contributed by atoms with van der Waals surface area (Å²) in [5.74, 6) is -0.367. The molecule has 0 spiro atoms. The zero-order valence-corrected chi connectivity index (χ0v) is 14.6. The highest BCUT2D eigenvalue weighted by Crippen LogP contribution is 2.13. The third-order valence-electron chi connectivity index (χ3n) is 4.02. The molecule has 0 amide bonds. The first-order valence-corrected chi connectivity index (χ1v) is 8.33. The van der Waals surface area contributed by atoms with Gasteiger partial charge in [0.15, 0.2) is 11.2 Å². The van der Waals surface area contributed by atoms with Crippen molar-refractivity contribution in [2.75, 3.05) is 13.2 Å². The van der Waals surface area contributed by atoms with Gasteiger partial charge in [0.2, 0.25) is 5.76 Å². The van der Waals surface area contributed by atoms with Crippen LogP contribution >= 0.6 is 0 Å². The number of aromatic amines is 1. The van der Waals surface area contributed by atoms with Crippen molar-refractivity contribution in [3.05, 3.63) is 38.7 Å². The molecule has 26 heavy (non-hydrogen) atoms. The Labute approximate surface area is 148 Å². The molecule has 10 nitrogen and oxygen atoms in total. The zero-order valence-electron chi connectivity index (χ0n) is 14.6. The summed E-state index contributed by atoms with van der Waals surface area (Å²) in [5.41, 5.74) is -0.506. The van der Waals surface area contributed by atoms with Crippen molar-refractivity contribution in [3.63, 3.8) is 0 Å². The summed E-state index contributed by atoms with van der Waals surface area (Å²) in [4.78, 5) is 42.9. The molecule has 1 aliphatic heterocycles. The number of hydrogen-bond acceptors (Lipinski definition) is 7. The molecular weight excluding hydrogens is 344 g/mol. The van der Waals surface area contributed by atoms with Crippen molar-refractivity contribution in [2.24, 2.45) is 7.05 Å². The van der Waals surface area contributed by atoms with Gasteiger partial charge in [-0.1, -0.05) is 13.3 Å². The van der Waals surface area contributed by atoms with E-state index in [0.717, 1.165) is 12.8 Å². The van der Waals surface area contributed by atoms with Crippen LogP contribution in [0.3, 0.4) is 0 Å². The fourth-order valence-electron chi connectivity index (χ4n) is 2.62. The Bertz CT molecular complexity index is 968. The first kappa shape index (κ1) is 17.8. The second-order valence-electron chi connectivity index (χ2n) is 5.80. The van der Waals surface area contributed by atoms with Gasteiger partial charge < -0.3 is 18.8 Å². The Morgan fingerprint density at radius 2 is 2.19 bits per heavy atom. The number of esters is 1. The van der Waals surface area contributed by atoms with Gasteiger partial charge >= 0.3 is 11.7 Å². The Balaban J connectivity index is 1.89. The highest BCUT2D eigenvalue weighted by molar-refractivity contribution is 5.86. The van der Waals surface area contributed by atoms with Crippen molar-refractivity contribution in [2.45, 2.75) is 32.9 Å². The molecule has 3 rings (SSSR count). The van der Waals surface area contributed by atoms with Crippen LogP contribution < -0.4 is 11.2 Å². The van der Waals surface area contributed by atoms with E-state index in [2.05, 4.69) is 9.97 Å². The van der Waals surface area contributed by atoms with Crippen molar-refractivity contribution < 1.29 is 19.0 Å². The number of carbonyl (C=O) groups excluding carboxylic acids is 1. The van der Waals surface area contributed by atoms with Crippen LogP contribution in [0, 0.1) is 0 Å². The number of carbonyl (C=O) groups is 1. The van der Waals surface area contributed by atoms with E-state index in [4.69, 9.17) is 14.2 Å². The number of nitrogens with one attached hydrogen (secondary N) is 1. The van der Waals surface area contributed by atoms with Crippen molar-refractivity contribution >= 4 is 17.1 Å². The van der Waals surface area contributed by atoms with E-state index < -0.39 is 17.2 Å².